The number of amides is 4. The lowest BCUT2D eigenvalue weighted by molar-refractivity contribution is -0.385. The molecule has 12 heteroatoms. The van der Waals surface area contributed by atoms with Gasteiger partial charge in [0.05, 0.1) is 9.85 Å². The molecule has 0 aliphatic rings. The highest BCUT2D eigenvalue weighted by Crippen LogP contribution is 2.18. The second-order valence-corrected chi connectivity index (χ2v) is 8.00. The van der Waals surface area contributed by atoms with Crippen molar-refractivity contribution in [3.63, 3.8) is 0 Å². The van der Waals surface area contributed by atoms with Crippen LogP contribution in [0.25, 0.3) is 0 Å². The molecule has 3 aromatic carbocycles. The number of anilines is 2. The smallest absolute Gasteiger partial charge is 0.321 e. The normalized spacial score (nSPS) is 10.3. The van der Waals surface area contributed by atoms with Gasteiger partial charge in [0.15, 0.2) is 0 Å². The Morgan fingerprint density at radius 1 is 0.694 bits per heavy atom. The Hall–Kier alpha value is -5.00. The molecule has 0 atom stereocenters. The van der Waals surface area contributed by atoms with E-state index < -0.39 is 21.9 Å². The number of non-ortho nitro benzene ring substituents is 2. The van der Waals surface area contributed by atoms with Gasteiger partial charge in [-0.1, -0.05) is 30.3 Å². The number of nitro benzene ring substituents is 2. The molecule has 3 aromatic rings. The van der Waals surface area contributed by atoms with Gasteiger partial charge in [-0.2, -0.15) is 0 Å². The summed E-state index contributed by atoms with van der Waals surface area (Å²) in [7, 11) is 3.19. The van der Waals surface area contributed by atoms with Crippen molar-refractivity contribution >= 4 is 34.8 Å². The Morgan fingerprint density at radius 2 is 1.06 bits per heavy atom. The first kappa shape index (κ1) is 25.6. The van der Waals surface area contributed by atoms with Crippen molar-refractivity contribution < 1.29 is 19.4 Å². The molecular formula is C24H24N6O6. The van der Waals surface area contributed by atoms with E-state index in [9.17, 15) is 29.8 Å². The van der Waals surface area contributed by atoms with Crippen LogP contribution in [0.15, 0.2) is 72.8 Å². The maximum atomic E-state index is 12.6. The summed E-state index contributed by atoms with van der Waals surface area (Å²) in [4.78, 5) is 48.6. The second-order valence-electron chi connectivity index (χ2n) is 8.00. The first-order valence-electron chi connectivity index (χ1n) is 10.7. The van der Waals surface area contributed by atoms with Gasteiger partial charge in [0.25, 0.3) is 11.4 Å². The van der Waals surface area contributed by atoms with Gasteiger partial charge in [0.2, 0.25) is 0 Å². The number of hydrogen-bond donors (Lipinski definition) is 2. The highest BCUT2D eigenvalue weighted by molar-refractivity contribution is 5.92. The first-order chi connectivity index (χ1) is 17.1. The number of carbonyl (C=O) groups excluding carboxylic acids is 2. The summed E-state index contributed by atoms with van der Waals surface area (Å²) in [5.74, 6) is 0. The van der Waals surface area contributed by atoms with E-state index in [0.29, 0.717) is 11.4 Å². The fourth-order valence-electron chi connectivity index (χ4n) is 3.25. The number of nitro groups is 2. The van der Waals surface area contributed by atoms with Crippen molar-refractivity contribution in [3.05, 3.63) is 104 Å². The largest absolute Gasteiger partial charge is 0.323 e. The molecule has 0 aliphatic heterocycles. The van der Waals surface area contributed by atoms with Gasteiger partial charge in [0.1, 0.15) is 0 Å². The van der Waals surface area contributed by atoms with Gasteiger partial charge in [0, 0.05) is 62.8 Å². The fraction of sp³-hybridized carbons (Fsp3) is 0.167. The van der Waals surface area contributed by atoms with Crippen LogP contribution in [0.3, 0.4) is 0 Å². The lowest BCUT2D eigenvalue weighted by Gasteiger charge is -2.20. The Labute approximate surface area is 206 Å². The van der Waals surface area contributed by atoms with Crippen molar-refractivity contribution in [1.29, 1.82) is 0 Å². The number of nitrogens with zero attached hydrogens (tertiary/aromatic N) is 4. The third-order valence-corrected chi connectivity index (χ3v) is 5.19. The van der Waals surface area contributed by atoms with Crippen molar-refractivity contribution in [2.75, 3.05) is 24.7 Å². The molecule has 0 bridgehead atoms. The fourth-order valence-corrected chi connectivity index (χ4v) is 3.25. The molecule has 4 amide bonds. The summed E-state index contributed by atoms with van der Waals surface area (Å²) in [5.41, 5.74) is 2.34. The van der Waals surface area contributed by atoms with Gasteiger partial charge >= 0.3 is 12.1 Å². The van der Waals surface area contributed by atoms with E-state index in [0.717, 1.165) is 11.1 Å². The molecular weight excluding hydrogens is 468 g/mol. The van der Waals surface area contributed by atoms with Crippen LogP contribution < -0.4 is 10.6 Å². The number of hydrogen-bond acceptors (Lipinski definition) is 6. The van der Waals surface area contributed by atoms with Gasteiger partial charge < -0.3 is 20.4 Å². The Kier molecular flexibility index (Phi) is 8.13. The Balaban J connectivity index is 1.55. The SMILES string of the molecule is CN(Cc1ccc([N+](=O)[O-])cc1)C(=O)Nc1cccc(NC(=O)N(C)Cc2ccc([N+](=O)[O-])cc2)c1. The molecule has 186 valence electrons. The Morgan fingerprint density at radius 3 is 1.39 bits per heavy atom. The van der Waals surface area contributed by atoms with E-state index in [1.54, 1.807) is 62.6 Å². The highest BCUT2D eigenvalue weighted by atomic mass is 16.6. The minimum atomic E-state index is -0.487. The molecule has 0 heterocycles. The maximum Gasteiger partial charge on any atom is 0.321 e. The van der Waals surface area contributed by atoms with Crippen LogP contribution in [-0.2, 0) is 13.1 Å². The van der Waals surface area contributed by atoms with Gasteiger partial charge in [-0.15, -0.1) is 0 Å². The zero-order valence-electron chi connectivity index (χ0n) is 19.6. The summed E-state index contributed by atoms with van der Waals surface area (Å²) in [6.07, 6.45) is 0. The summed E-state index contributed by atoms with van der Waals surface area (Å²) in [5, 5.41) is 27.0. The number of carbonyl (C=O) groups is 2. The monoisotopic (exact) mass is 492 g/mol. The van der Waals surface area contributed by atoms with Gasteiger partial charge in [-0.25, -0.2) is 9.59 Å². The van der Waals surface area contributed by atoms with E-state index in [4.69, 9.17) is 0 Å². The van der Waals surface area contributed by atoms with Gasteiger partial charge in [-0.05, 0) is 29.3 Å². The first-order valence-corrected chi connectivity index (χ1v) is 10.7. The van der Waals surface area contributed by atoms with Crippen LogP contribution in [0.2, 0.25) is 0 Å². The predicted molar refractivity (Wildman–Crippen MR) is 134 cm³/mol. The number of rotatable bonds is 8. The molecule has 12 nitrogen and oxygen atoms in total. The molecule has 2 N–H and O–H groups in total. The van der Waals surface area contributed by atoms with E-state index >= 15 is 0 Å². The molecule has 0 radical (unpaired) electrons. The second kappa shape index (κ2) is 11.4. The zero-order chi connectivity index (χ0) is 26.2. The third kappa shape index (κ3) is 7.00. The number of nitrogens with one attached hydrogen (secondary N) is 2. The third-order valence-electron chi connectivity index (χ3n) is 5.19. The average Bonchev–Trinajstić information content (AvgIpc) is 2.84. The molecule has 36 heavy (non-hydrogen) atoms. The zero-order valence-corrected chi connectivity index (χ0v) is 19.6. The average molecular weight is 492 g/mol. The number of benzene rings is 3. The lowest BCUT2D eigenvalue weighted by Crippen LogP contribution is -2.31. The van der Waals surface area contributed by atoms with Crippen LogP contribution in [0.1, 0.15) is 11.1 Å². The summed E-state index contributed by atoms with van der Waals surface area (Å²) in [6, 6.07) is 17.7. The molecule has 0 saturated carbocycles. The van der Waals surface area contributed by atoms with E-state index in [1.807, 2.05) is 0 Å². The lowest BCUT2D eigenvalue weighted by atomic mass is 10.2. The summed E-state index contributed by atoms with van der Waals surface area (Å²) < 4.78 is 0. The minimum Gasteiger partial charge on any atom is -0.323 e. The van der Waals surface area contributed by atoms with E-state index in [2.05, 4.69) is 10.6 Å². The van der Waals surface area contributed by atoms with Crippen molar-refractivity contribution in [2.45, 2.75) is 13.1 Å². The summed E-state index contributed by atoms with van der Waals surface area (Å²) >= 11 is 0. The Bertz CT molecular complexity index is 1170. The van der Waals surface area contributed by atoms with Crippen LogP contribution in [-0.4, -0.2) is 45.8 Å². The number of urea groups is 2. The molecule has 0 spiro atoms. The van der Waals surface area contributed by atoms with Crippen LogP contribution >= 0.6 is 0 Å². The quantitative estimate of drug-likeness (QED) is 0.339. The standard InChI is InChI=1S/C24H24N6O6/c1-27(15-17-6-10-21(11-7-17)29(33)34)23(31)25-19-4-3-5-20(14-19)26-24(32)28(2)16-18-8-12-22(13-9-18)30(35)36/h3-14H,15-16H2,1-2H3,(H,25,31)(H,26,32). The highest BCUT2D eigenvalue weighted by Gasteiger charge is 2.14. The molecule has 0 saturated heterocycles. The minimum absolute atomic E-state index is 0.0249. The predicted octanol–water partition coefficient (Wildman–Crippen LogP) is 4.83. The molecule has 3 rings (SSSR count). The maximum absolute atomic E-state index is 12.6. The van der Waals surface area contributed by atoms with Crippen LogP contribution in [0.4, 0.5) is 32.3 Å². The van der Waals surface area contributed by atoms with E-state index in [-0.39, 0.29) is 24.5 Å². The molecule has 0 aliphatic carbocycles. The van der Waals surface area contributed by atoms with E-state index in [1.165, 1.54) is 34.1 Å². The van der Waals surface area contributed by atoms with Crippen molar-refractivity contribution in [2.24, 2.45) is 0 Å². The molecule has 0 unspecified atom stereocenters. The van der Waals surface area contributed by atoms with Crippen molar-refractivity contribution in [3.8, 4) is 0 Å². The molecule has 0 fully saturated rings. The summed E-state index contributed by atoms with van der Waals surface area (Å²) in [6.45, 7) is 0.487. The topological polar surface area (TPSA) is 151 Å². The van der Waals surface area contributed by atoms with Crippen molar-refractivity contribution in [1.82, 2.24) is 9.80 Å². The van der Waals surface area contributed by atoms with Crippen LogP contribution in [0.5, 0.6) is 0 Å². The molecule has 0 aromatic heterocycles. The van der Waals surface area contributed by atoms with Gasteiger partial charge in [-0.3, -0.25) is 20.2 Å². The van der Waals surface area contributed by atoms with Crippen LogP contribution in [0, 0.1) is 20.2 Å².